The van der Waals surface area contributed by atoms with Gasteiger partial charge in [0, 0.05) is 13.1 Å². The van der Waals surface area contributed by atoms with Crippen LogP contribution in [0.5, 0.6) is 0 Å². The van der Waals surface area contributed by atoms with Crippen molar-refractivity contribution in [3.63, 3.8) is 0 Å². The highest BCUT2D eigenvalue weighted by atomic mass is 32.2. The molecule has 0 aromatic carbocycles. The van der Waals surface area contributed by atoms with Gasteiger partial charge in [-0.15, -0.1) is 0 Å². The van der Waals surface area contributed by atoms with Crippen molar-refractivity contribution in [1.82, 2.24) is 9.62 Å². The lowest BCUT2D eigenvalue weighted by Gasteiger charge is -2.35. The zero-order chi connectivity index (χ0) is 18.0. The van der Waals surface area contributed by atoms with Crippen LogP contribution in [-0.4, -0.2) is 54.6 Å². The second-order valence-corrected chi connectivity index (χ2v) is 9.37. The molecule has 7 nitrogen and oxygen atoms in total. The summed E-state index contributed by atoms with van der Waals surface area (Å²) in [5.41, 5.74) is -0.917. The van der Waals surface area contributed by atoms with Crippen molar-refractivity contribution in [2.45, 2.75) is 58.4 Å². The van der Waals surface area contributed by atoms with E-state index in [1.54, 1.807) is 0 Å². The molecule has 1 saturated heterocycles. The normalized spacial score (nSPS) is 24.6. The van der Waals surface area contributed by atoms with E-state index in [0.29, 0.717) is 25.8 Å². The van der Waals surface area contributed by atoms with Crippen molar-refractivity contribution in [2.75, 3.05) is 18.8 Å². The zero-order valence-electron chi connectivity index (χ0n) is 14.5. The number of carboxylic acids is 1. The van der Waals surface area contributed by atoms with Gasteiger partial charge >= 0.3 is 5.97 Å². The third-order valence-corrected chi connectivity index (χ3v) is 7.14. The molecule has 138 valence electrons. The summed E-state index contributed by atoms with van der Waals surface area (Å²) in [6.45, 7) is 4.04. The number of nitrogens with zero attached hydrogens (tertiary/aromatic N) is 1. The van der Waals surface area contributed by atoms with E-state index in [4.69, 9.17) is 0 Å². The Morgan fingerprint density at radius 3 is 2.25 bits per heavy atom. The van der Waals surface area contributed by atoms with Crippen molar-refractivity contribution < 1.29 is 23.1 Å². The Kier molecular flexibility index (Phi) is 5.91. The molecule has 1 heterocycles. The van der Waals surface area contributed by atoms with E-state index in [0.717, 1.165) is 19.3 Å². The third kappa shape index (κ3) is 3.91. The molecule has 2 rings (SSSR count). The molecule has 0 radical (unpaired) electrons. The first-order valence-corrected chi connectivity index (χ1v) is 10.3. The first kappa shape index (κ1) is 19.2. The van der Waals surface area contributed by atoms with Gasteiger partial charge in [-0.1, -0.05) is 33.1 Å². The lowest BCUT2D eigenvalue weighted by Crippen LogP contribution is -2.53. The molecule has 2 aliphatic rings. The number of amides is 1. The molecule has 1 aliphatic heterocycles. The molecule has 1 amide bonds. The Balaban J connectivity index is 2.09. The zero-order valence-corrected chi connectivity index (χ0v) is 15.3. The summed E-state index contributed by atoms with van der Waals surface area (Å²) in [6.07, 6.45) is 4.34. The molecular formula is C16H28N2O5S. The Labute approximate surface area is 143 Å². The fourth-order valence-corrected chi connectivity index (χ4v) is 5.61. The highest BCUT2D eigenvalue weighted by molar-refractivity contribution is 7.89. The maximum Gasteiger partial charge on any atom is 0.311 e. The standard InChI is InChI=1S/C16H28N2O5S/c1-12(2)13(18-9-6-10-24(18,22)23)14(19)17-11-16(15(20)21)7-4-3-5-8-16/h12-13H,3-11H2,1-2H3,(H,17,19)(H,20,21). The molecule has 1 saturated carbocycles. The van der Waals surface area contributed by atoms with Crippen LogP contribution in [0.25, 0.3) is 0 Å². The van der Waals surface area contributed by atoms with Gasteiger partial charge in [0.1, 0.15) is 6.04 Å². The number of hydrogen-bond donors (Lipinski definition) is 2. The average Bonchev–Trinajstić information content (AvgIpc) is 2.85. The average molecular weight is 360 g/mol. The maximum absolute atomic E-state index is 12.7. The van der Waals surface area contributed by atoms with E-state index in [1.165, 1.54) is 4.31 Å². The van der Waals surface area contributed by atoms with Gasteiger partial charge in [-0.3, -0.25) is 9.59 Å². The van der Waals surface area contributed by atoms with Crippen LogP contribution in [0.2, 0.25) is 0 Å². The van der Waals surface area contributed by atoms with Gasteiger partial charge in [0.2, 0.25) is 15.9 Å². The lowest BCUT2D eigenvalue weighted by molar-refractivity contribution is -0.151. The number of sulfonamides is 1. The summed E-state index contributed by atoms with van der Waals surface area (Å²) >= 11 is 0. The molecule has 0 spiro atoms. The van der Waals surface area contributed by atoms with Gasteiger partial charge in [0.25, 0.3) is 0 Å². The summed E-state index contributed by atoms with van der Waals surface area (Å²) in [5, 5.41) is 12.3. The largest absolute Gasteiger partial charge is 0.481 e. The number of carbonyl (C=O) groups excluding carboxylic acids is 1. The van der Waals surface area contributed by atoms with E-state index in [1.807, 2.05) is 13.8 Å². The quantitative estimate of drug-likeness (QED) is 0.741. The van der Waals surface area contributed by atoms with Gasteiger partial charge < -0.3 is 10.4 Å². The van der Waals surface area contributed by atoms with Crippen LogP contribution in [0.4, 0.5) is 0 Å². The van der Waals surface area contributed by atoms with Gasteiger partial charge in [-0.2, -0.15) is 4.31 Å². The van der Waals surface area contributed by atoms with Crippen LogP contribution in [0.3, 0.4) is 0 Å². The number of nitrogens with one attached hydrogen (secondary N) is 1. The van der Waals surface area contributed by atoms with Crippen LogP contribution in [-0.2, 0) is 19.6 Å². The van der Waals surface area contributed by atoms with Crippen molar-refractivity contribution in [2.24, 2.45) is 11.3 Å². The van der Waals surface area contributed by atoms with E-state index < -0.39 is 27.4 Å². The predicted octanol–water partition coefficient (Wildman–Crippen LogP) is 1.20. The number of carbonyl (C=O) groups is 2. The Bertz CT molecular complexity index is 581. The summed E-state index contributed by atoms with van der Waals surface area (Å²) in [7, 11) is -3.39. The van der Waals surface area contributed by atoms with Crippen LogP contribution in [0.15, 0.2) is 0 Å². The maximum atomic E-state index is 12.7. The molecule has 0 bridgehead atoms. The number of rotatable bonds is 6. The van der Waals surface area contributed by atoms with Crippen LogP contribution in [0, 0.1) is 11.3 Å². The Morgan fingerprint density at radius 2 is 1.79 bits per heavy atom. The van der Waals surface area contributed by atoms with Crippen molar-refractivity contribution in [3.8, 4) is 0 Å². The van der Waals surface area contributed by atoms with Crippen molar-refractivity contribution in [3.05, 3.63) is 0 Å². The highest BCUT2D eigenvalue weighted by Crippen LogP contribution is 2.36. The van der Waals surface area contributed by atoms with E-state index in [-0.39, 0.29) is 24.1 Å². The minimum atomic E-state index is -3.39. The first-order chi connectivity index (χ1) is 11.2. The van der Waals surface area contributed by atoms with Gasteiger partial charge in [0.15, 0.2) is 0 Å². The van der Waals surface area contributed by atoms with Crippen LogP contribution < -0.4 is 5.32 Å². The second-order valence-electron chi connectivity index (χ2n) is 7.33. The fourth-order valence-electron chi connectivity index (χ4n) is 3.79. The van der Waals surface area contributed by atoms with Gasteiger partial charge in [0.05, 0.1) is 11.2 Å². The molecule has 2 N–H and O–H groups in total. The molecule has 1 aliphatic carbocycles. The predicted molar refractivity (Wildman–Crippen MR) is 89.9 cm³/mol. The minimum Gasteiger partial charge on any atom is -0.481 e. The summed E-state index contributed by atoms with van der Waals surface area (Å²) in [4.78, 5) is 24.4. The SMILES string of the molecule is CC(C)C(C(=O)NCC1(C(=O)O)CCCCC1)N1CCCS1(=O)=O. The monoisotopic (exact) mass is 360 g/mol. The topological polar surface area (TPSA) is 104 Å². The molecule has 8 heteroatoms. The number of carboxylic acid groups (broad SMARTS) is 1. The van der Waals surface area contributed by atoms with Crippen molar-refractivity contribution in [1.29, 1.82) is 0 Å². The summed E-state index contributed by atoms with van der Waals surface area (Å²) in [6, 6.07) is -0.771. The lowest BCUT2D eigenvalue weighted by atomic mass is 9.74. The minimum absolute atomic E-state index is 0.0677. The number of hydrogen-bond acceptors (Lipinski definition) is 4. The number of aliphatic carboxylic acids is 1. The Hall–Kier alpha value is -1.15. The van der Waals surface area contributed by atoms with E-state index in [2.05, 4.69) is 5.32 Å². The molecule has 1 unspecified atom stereocenters. The van der Waals surface area contributed by atoms with Crippen LogP contribution in [0.1, 0.15) is 52.4 Å². The summed E-state index contributed by atoms with van der Waals surface area (Å²) < 4.78 is 25.6. The summed E-state index contributed by atoms with van der Waals surface area (Å²) in [5.74, 6) is -1.37. The highest BCUT2D eigenvalue weighted by Gasteiger charge is 2.43. The molecule has 1 atom stereocenters. The molecule has 0 aromatic heterocycles. The smallest absolute Gasteiger partial charge is 0.311 e. The van der Waals surface area contributed by atoms with Gasteiger partial charge in [-0.05, 0) is 25.2 Å². The van der Waals surface area contributed by atoms with Crippen LogP contribution >= 0.6 is 0 Å². The fraction of sp³-hybridized carbons (Fsp3) is 0.875. The van der Waals surface area contributed by atoms with Gasteiger partial charge in [-0.25, -0.2) is 8.42 Å². The molecule has 0 aromatic rings. The van der Waals surface area contributed by atoms with Crippen molar-refractivity contribution >= 4 is 21.9 Å². The molecule has 2 fully saturated rings. The Morgan fingerprint density at radius 1 is 1.17 bits per heavy atom. The van der Waals surface area contributed by atoms with E-state index in [9.17, 15) is 23.1 Å². The molecule has 24 heavy (non-hydrogen) atoms. The third-order valence-electron chi connectivity index (χ3n) is 5.21. The first-order valence-electron chi connectivity index (χ1n) is 8.70. The second kappa shape index (κ2) is 7.39. The van der Waals surface area contributed by atoms with E-state index >= 15 is 0 Å². The molecular weight excluding hydrogens is 332 g/mol.